The van der Waals surface area contributed by atoms with Crippen LogP contribution >= 0.6 is 23.4 Å². The second kappa shape index (κ2) is 9.23. The summed E-state index contributed by atoms with van der Waals surface area (Å²) in [6, 6.07) is 13.9. The third-order valence-electron chi connectivity index (χ3n) is 5.47. The van der Waals surface area contributed by atoms with Crippen molar-refractivity contribution in [2.24, 2.45) is 0 Å². The fourth-order valence-electron chi connectivity index (χ4n) is 3.53. The van der Waals surface area contributed by atoms with E-state index in [1.807, 2.05) is 18.4 Å². The summed E-state index contributed by atoms with van der Waals surface area (Å²) in [5.74, 6) is -2.24. The Morgan fingerprint density at radius 2 is 1.58 bits per heavy atom. The van der Waals surface area contributed by atoms with E-state index in [0.29, 0.717) is 32.9 Å². The average molecular weight is 491 g/mol. The number of hydrogen-bond donors (Lipinski definition) is 0. The SMILES string of the molecule is CC(C)(c1ccc(F)c(F)c1)c1cnc(SCc2ccc(F)cc2Cl)n1-c1ccc(F)cc1. The van der Waals surface area contributed by atoms with Crippen molar-refractivity contribution in [1.29, 1.82) is 0 Å². The molecule has 0 saturated carbocycles. The van der Waals surface area contributed by atoms with Gasteiger partial charge in [-0.15, -0.1) is 0 Å². The Labute approximate surface area is 198 Å². The van der Waals surface area contributed by atoms with Crippen LogP contribution in [0.15, 0.2) is 72.0 Å². The number of benzene rings is 3. The smallest absolute Gasteiger partial charge is 0.173 e. The van der Waals surface area contributed by atoms with E-state index in [2.05, 4.69) is 4.98 Å². The molecule has 33 heavy (non-hydrogen) atoms. The van der Waals surface area contributed by atoms with Crippen LogP contribution in [0, 0.1) is 23.3 Å². The maximum absolute atomic E-state index is 14.0. The van der Waals surface area contributed by atoms with Crippen LogP contribution in [0.1, 0.15) is 30.7 Å². The topological polar surface area (TPSA) is 17.8 Å². The van der Waals surface area contributed by atoms with E-state index in [-0.39, 0.29) is 5.82 Å². The van der Waals surface area contributed by atoms with E-state index in [4.69, 9.17) is 11.6 Å². The molecule has 0 unspecified atom stereocenters. The van der Waals surface area contributed by atoms with Gasteiger partial charge in [0, 0.05) is 21.9 Å². The summed E-state index contributed by atoms with van der Waals surface area (Å²) in [7, 11) is 0. The van der Waals surface area contributed by atoms with Crippen molar-refractivity contribution in [3.8, 4) is 5.69 Å². The summed E-state index contributed by atoms with van der Waals surface area (Å²) in [6.45, 7) is 3.75. The Morgan fingerprint density at radius 1 is 0.879 bits per heavy atom. The second-order valence-electron chi connectivity index (χ2n) is 8.02. The molecule has 0 aliphatic rings. The molecule has 1 heterocycles. The summed E-state index contributed by atoms with van der Waals surface area (Å²) in [6.07, 6.45) is 1.67. The lowest BCUT2D eigenvalue weighted by atomic mass is 9.81. The third kappa shape index (κ3) is 4.80. The highest BCUT2D eigenvalue weighted by molar-refractivity contribution is 7.98. The van der Waals surface area contributed by atoms with E-state index >= 15 is 0 Å². The van der Waals surface area contributed by atoms with Crippen LogP contribution in [0.2, 0.25) is 5.02 Å². The van der Waals surface area contributed by atoms with Gasteiger partial charge in [0.05, 0.1) is 11.9 Å². The van der Waals surface area contributed by atoms with Crippen molar-refractivity contribution < 1.29 is 17.6 Å². The number of aromatic nitrogens is 2. The molecule has 2 nitrogen and oxygen atoms in total. The van der Waals surface area contributed by atoms with E-state index < -0.39 is 22.9 Å². The molecule has 0 aliphatic heterocycles. The standard InChI is InChI=1S/C25H19ClF4N2S/c1-25(2,16-4-10-21(29)22(30)11-16)23-13-31-24(32(23)19-8-6-17(27)7-9-19)33-14-15-3-5-18(28)12-20(15)26/h3-13H,14H2,1-2H3. The number of halogens is 5. The third-order valence-corrected chi connectivity index (χ3v) is 6.82. The summed E-state index contributed by atoms with van der Waals surface area (Å²) in [5, 5.41) is 0.900. The maximum atomic E-state index is 14.0. The number of imidazole rings is 1. The van der Waals surface area contributed by atoms with Crippen LogP contribution < -0.4 is 0 Å². The summed E-state index contributed by atoms with van der Waals surface area (Å²) in [4.78, 5) is 4.56. The zero-order valence-corrected chi connectivity index (χ0v) is 19.3. The molecule has 0 bridgehead atoms. The summed E-state index contributed by atoms with van der Waals surface area (Å²) < 4.78 is 56.4. The van der Waals surface area contributed by atoms with Gasteiger partial charge in [0.15, 0.2) is 16.8 Å². The van der Waals surface area contributed by atoms with Crippen molar-refractivity contribution in [1.82, 2.24) is 9.55 Å². The van der Waals surface area contributed by atoms with Crippen molar-refractivity contribution in [3.63, 3.8) is 0 Å². The fourth-order valence-corrected chi connectivity index (χ4v) is 4.84. The lowest BCUT2D eigenvalue weighted by Gasteiger charge is -2.27. The Bertz CT molecular complexity index is 1300. The van der Waals surface area contributed by atoms with Crippen LogP contribution in [0.5, 0.6) is 0 Å². The Balaban J connectivity index is 1.78. The molecular formula is C25H19ClF4N2S. The highest BCUT2D eigenvalue weighted by atomic mass is 35.5. The molecule has 0 radical (unpaired) electrons. The Kier molecular flexibility index (Phi) is 6.54. The number of nitrogens with zero attached hydrogens (tertiary/aromatic N) is 2. The first-order chi connectivity index (χ1) is 15.7. The van der Waals surface area contributed by atoms with Gasteiger partial charge in [0.1, 0.15) is 11.6 Å². The maximum Gasteiger partial charge on any atom is 0.173 e. The van der Waals surface area contributed by atoms with Gasteiger partial charge in [-0.1, -0.05) is 49.3 Å². The molecular weight excluding hydrogens is 472 g/mol. The van der Waals surface area contributed by atoms with Crippen molar-refractivity contribution in [3.05, 3.63) is 112 Å². The molecule has 3 aromatic carbocycles. The highest BCUT2D eigenvalue weighted by Gasteiger charge is 2.30. The normalized spacial score (nSPS) is 11.7. The van der Waals surface area contributed by atoms with Crippen molar-refractivity contribution in [2.75, 3.05) is 0 Å². The van der Waals surface area contributed by atoms with Gasteiger partial charge in [-0.05, 0) is 59.7 Å². The second-order valence-corrected chi connectivity index (χ2v) is 9.37. The van der Waals surface area contributed by atoms with Gasteiger partial charge in [0.25, 0.3) is 0 Å². The van der Waals surface area contributed by atoms with Crippen LogP contribution in [-0.2, 0) is 11.2 Å². The molecule has 8 heteroatoms. The molecule has 0 spiro atoms. The minimum atomic E-state index is -0.936. The molecule has 4 aromatic rings. The van der Waals surface area contributed by atoms with E-state index in [1.54, 1.807) is 24.4 Å². The quantitative estimate of drug-likeness (QED) is 0.203. The van der Waals surface area contributed by atoms with Crippen LogP contribution in [0.4, 0.5) is 17.6 Å². The predicted octanol–water partition coefficient (Wildman–Crippen LogP) is 7.70. The molecule has 1 aromatic heterocycles. The van der Waals surface area contributed by atoms with Gasteiger partial charge in [-0.25, -0.2) is 22.5 Å². The Hall–Kier alpha value is -2.77. The molecule has 4 rings (SSSR count). The van der Waals surface area contributed by atoms with Crippen molar-refractivity contribution >= 4 is 23.4 Å². The van der Waals surface area contributed by atoms with Gasteiger partial charge < -0.3 is 0 Å². The molecule has 170 valence electrons. The van der Waals surface area contributed by atoms with E-state index in [0.717, 1.165) is 11.6 Å². The minimum absolute atomic E-state index is 0.310. The highest BCUT2D eigenvalue weighted by Crippen LogP contribution is 2.37. The molecule has 0 saturated heterocycles. The van der Waals surface area contributed by atoms with Gasteiger partial charge in [-0.2, -0.15) is 0 Å². The predicted molar refractivity (Wildman–Crippen MR) is 123 cm³/mol. The molecule has 0 fully saturated rings. The number of thioether (sulfide) groups is 1. The Morgan fingerprint density at radius 3 is 2.24 bits per heavy atom. The first-order valence-corrected chi connectivity index (χ1v) is 11.4. The van der Waals surface area contributed by atoms with Crippen LogP contribution in [-0.4, -0.2) is 9.55 Å². The zero-order chi connectivity index (χ0) is 23.8. The summed E-state index contributed by atoms with van der Waals surface area (Å²) >= 11 is 7.54. The number of hydrogen-bond acceptors (Lipinski definition) is 2. The van der Waals surface area contributed by atoms with Crippen LogP contribution in [0.25, 0.3) is 5.69 Å². The molecule has 0 aliphatic carbocycles. The molecule has 0 N–H and O–H groups in total. The largest absolute Gasteiger partial charge is 0.291 e. The van der Waals surface area contributed by atoms with E-state index in [1.165, 1.54) is 48.2 Å². The first kappa shape index (κ1) is 23.4. The molecule has 0 atom stereocenters. The lowest BCUT2D eigenvalue weighted by molar-refractivity contribution is 0.500. The van der Waals surface area contributed by atoms with Gasteiger partial charge in [0.2, 0.25) is 0 Å². The molecule has 0 amide bonds. The average Bonchev–Trinajstić information content (AvgIpc) is 3.20. The zero-order valence-electron chi connectivity index (χ0n) is 17.8. The van der Waals surface area contributed by atoms with E-state index in [9.17, 15) is 17.6 Å². The van der Waals surface area contributed by atoms with Gasteiger partial charge in [-0.3, -0.25) is 4.57 Å². The summed E-state index contributed by atoms with van der Waals surface area (Å²) in [5.41, 5.74) is 1.89. The monoisotopic (exact) mass is 490 g/mol. The fraction of sp³-hybridized carbons (Fsp3) is 0.160. The number of rotatable bonds is 6. The van der Waals surface area contributed by atoms with Crippen LogP contribution in [0.3, 0.4) is 0 Å². The van der Waals surface area contributed by atoms with Gasteiger partial charge >= 0.3 is 0 Å². The van der Waals surface area contributed by atoms with Crippen molar-refractivity contribution in [2.45, 2.75) is 30.2 Å². The first-order valence-electron chi connectivity index (χ1n) is 10.0. The minimum Gasteiger partial charge on any atom is -0.291 e. The lowest BCUT2D eigenvalue weighted by Crippen LogP contribution is -2.23.